The molecule has 0 fully saturated rings. The van der Waals surface area contributed by atoms with E-state index in [2.05, 4.69) is 79.9 Å². The van der Waals surface area contributed by atoms with Gasteiger partial charge in [-0.05, 0) is 96.1 Å². The molecule has 0 spiro atoms. The molecule has 1 amide bonds. The van der Waals surface area contributed by atoms with E-state index in [1.807, 2.05) is 12.2 Å². The summed E-state index contributed by atoms with van der Waals surface area (Å²) < 4.78 is 5.82. The van der Waals surface area contributed by atoms with Crippen molar-refractivity contribution in [2.45, 2.75) is 148 Å². The van der Waals surface area contributed by atoms with Gasteiger partial charge in [-0.25, -0.2) is 4.79 Å². The van der Waals surface area contributed by atoms with Gasteiger partial charge in [0.05, 0.1) is 0 Å². The normalized spacial score (nSPS) is 13.6. The predicted molar refractivity (Wildman–Crippen MR) is 192 cm³/mol. The summed E-state index contributed by atoms with van der Waals surface area (Å²) in [6, 6.07) is -0.882. The van der Waals surface area contributed by atoms with E-state index in [9.17, 15) is 19.5 Å². The van der Waals surface area contributed by atoms with Crippen molar-refractivity contribution < 1.29 is 24.2 Å². The van der Waals surface area contributed by atoms with Crippen LogP contribution in [0.2, 0.25) is 0 Å². The monoisotopic (exact) mass is 640 g/mol. The summed E-state index contributed by atoms with van der Waals surface area (Å²) in [5.74, 6) is -1.46. The highest BCUT2D eigenvalue weighted by Crippen LogP contribution is 2.13. The lowest BCUT2D eigenvalue weighted by Gasteiger charge is -2.15. The summed E-state index contributed by atoms with van der Waals surface area (Å²) in [6.45, 7) is 4.74. The molecule has 2 atom stereocenters. The Morgan fingerprint density at radius 1 is 0.674 bits per heavy atom. The standard InChI is InChI=1S/C39H64N2O5/c1-3-5-7-9-11-13-14-15-16-17-19-21-27-33-38(43)46-35(29-24-20-18-12-10-8-6-4-2)30-25-22-23-26-32-37(42)41-36(39(44)45)31-28-34-40/h5,7,11-13,15-16,18-19,21,24,29,35-36H,3-4,6,8-10,14,17,20,22-23,25-28,30-34,40H2,1-2H3,(H,41,42)(H,44,45)/b7-5-,13-11-,16-15-,18-12-,21-19-,29-24-. The van der Waals surface area contributed by atoms with Crippen LogP contribution in [0.5, 0.6) is 0 Å². The van der Waals surface area contributed by atoms with E-state index < -0.39 is 12.0 Å². The summed E-state index contributed by atoms with van der Waals surface area (Å²) in [5.41, 5.74) is 5.46. The number of amides is 1. The smallest absolute Gasteiger partial charge is 0.326 e. The molecule has 0 aromatic heterocycles. The van der Waals surface area contributed by atoms with Crippen LogP contribution in [0.3, 0.4) is 0 Å². The molecule has 0 radical (unpaired) electrons. The number of unbranched alkanes of at least 4 members (excludes halogenated alkanes) is 6. The Kier molecular flexibility index (Phi) is 30.9. The van der Waals surface area contributed by atoms with Gasteiger partial charge in [0.1, 0.15) is 12.1 Å². The topological polar surface area (TPSA) is 119 Å². The van der Waals surface area contributed by atoms with Crippen LogP contribution in [-0.2, 0) is 19.1 Å². The Labute approximate surface area is 280 Å². The van der Waals surface area contributed by atoms with Crippen LogP contribution in [-0.4, -0.2) is 41.6 Å². The van der Waals surface area contributed by atoms with Crippen molar-refractivity contribution in [3.05, 3.63) is 72.9 Å². The molecule has 0 heterocycles. The molecule has 0 saturated heterocycles. The largest absolute Gasteiger partial charge is 0.480 e. The number of carbonyl (C=O) groups is 3. The first-order valence-electron chi connectivity index (χ1n) is 17.8. The summed E-state index contributed by atoms with van der Waals surface area (Å²) >= 11 is 0. The molecule has 0 aromatic carbocycles. The molecule has 0 aliphatic heterocycles. The molecular weight excluding hydrogens is 576 g/mol. The number of ether oxygens (including phenoxy) is 1. The van der Waals surface area contributed by atoms with Crippen molar-refractivity contribution >= 4 is 17.8 Å². The number of hydrogen-bond donors (Lipinski definition) is 3. The molecule has 0 aromatic rings. The minimum Gasteiger partial charge on any atom is -0.480 e. The molecular formula is C39H64N2O5. The lowest BCUT2D eigenvalue weighted by molar-refractivity contribution is -0.147. The summed E-state index contributed by atoms with van der Waals surface area (Å²) in [6.07, 6.45) is 41.0. The molecule has 0 bridgehead atoms. The van der Waals surface area contributed by atoms with Gasteiger partial charge in [0, 0.05) is 12.8 Å². The number of carboxylic acids is 1. The number of rotatable bonds is 30. The first kappa shape index (κ1) is 42.8. The van der Waals surface area contributed by atoms with Gasteiger partial charge < -0.3 is 20.9 Å². The lowest BCUT2D eigenvalue weighted by Crippen LogP contribution is -2.40. The van der Waals surface area contributed by atoms with Crippen LogP contribution in [0, 0.1) is 0 Å². The van der Waals surface area contributed by atoms with Crippen LogP contribution in [0.15, 0.2) is 72.9 Å². The van der Waals surface area contributed by atoms with Crippen LogP contribution < -0.4 is 11.1 Å². The maximum absolute atomic E-state index is 12.6. The van der Waals surface area contributed by atoms with Crippen LogP contribution in [0.1, 0.15) is 136 Å². The van der Waals surface area contributed by atoms with Crippen molar-refractivity contribution in [2.75, 3.05) is 6.54 Å². The Morgan fingerprint density at radius 2 is 1.28 bits per heavy atom. The third-order valence-electron chi connectivity index (χ3n) is 7.25. The Hall–Kier alpha value is -3.19. The van der Waals surface area contributed by atoms with Gasteiger partial charge in [-0.2, -0.15) is 0 Å². The van der Waals surface area contributed by atoms with Gasteiger partial charge in [0.25, 0.3) is 0 Å². The fraction of sp³-hybridized carbons (Fsp3) is 0.615. The zero-order valence-electron chi connectivity index (χ0n) is 28.9. The number of carboxylic acid groups (broad SMARTS) is 1. The fourth-order valence-electron chi connectivity index (χ4n) is 4.59. The van der Waals surface area contributed by atoms with Gasteiger partial charge in [0.15, 0.2) is 0 Å². The van der Waals surface area contributed by atoms with E-state index >= 15 is 0 Å². The Balaban J connectivity index is 4.54. The first-order valence-corrected chi connectivity index (χ1v) is 17.8. The highest BCUT2D eigenvalue weighted by atomic mass is 16.5. The zero-order valence-corrected chi connectivity index (χ0v) is 28.9. The molecule has 0 rings (SSSR count). The van der Waals surface area contributed by atoms with Gasteiger partial charge in [-0.3, -0.25) is 9.59 Å². The van der Waals surface area contributed by atoms with Crippen molar-refractivity contribution in [1.29, 1.82) is 0 Å². The molecule has 46 heavy (non-hydrogen) atoms. The molecule has 2 unspecified atom stereocenters. The average Bonchev–Trinajstić information content (AvgIpc) is 3.04. The molecule has 7 heteroatoms. The fourth-order valence-corrected chi connectivity index (χ4v) is 4.59. The number of nitrogens with two attached hydrogens (primary N) is 1. The highest BCUT2D eigenvalue weighted by molar-refractivity contribution is 5.83. The Morgan fingerprint density at radius 3 is 1.91 bits per heavy atom. The van der Waals surface area contributed by atoms with Crippen molar-refractivity contribution in [3.63, 3.8) is 0 Å². The van der Waals surface area contributed by atoms with Crippen LogP contribution >= 0.6 is 0 Å². The van der Waals surface area contributed by atoms with Crippen molar-refractivity contribution in [3.8, 4) is 0 Å². The SMILES string of the molecule is CC/C=C\C/C=C\C/C=C\C/C=C\CCC(=O)OC(/C=C\C/C=C\CCCCC)CCCCCCC(=O)NC(CCCN)C(=O)O. The highest BCUT2D eigenvalue weighted by Gasteiger charge is 2.18. The number of nitrogens with one attached hydrogen (secondary N) is 1. The predicted octanol–water partition coefficient (Wildman–Crippen LogP) is 9.22. The molecule has 4 N–H and O–H groups in total. The van der Waals surface area contributed by atoms with Crippen molar-refractivity contribution in [1.82, 2.24) is 5.32 Å². The van der Waals surface area contributed by atoms with Crippen LogP contribution in [0.4, 0.5) is 0 Å². The van der Waals surface area contributed by atoms with Crippen molar-refractivity contribution in [2.24, 2.45) is 5.73 Å². The second kappa shape index (κ2) is 33.2. The lowest BCUT2D eigenvalue weighted by atomic mass is 10.1. The maximum Gasteiger partial charge on any atom is 0.326 e. The second-order valence-corrected chi connectivity index (χ2v) is 11.5. The number of allylic oxidation sites excluding steroid dienone is 11. The quantitative estimate of drug-likeness (QED) is 0.0409. The van der Waals surface area contributed by atoms with Crippen LogP contribution in [0.25, 0.3) is 0 Å². The van der Waals surface area contributed by atoms with Gasteiger partial charge in [0.2, 0.25) is 5.91 Å². The van der Waals surface area contributed by atoms with Gasteiger partial charge in [-0.15, -0.1) is 0 Å². The van der Waals surface area contributed by atoms with E-state index in [1.54, 1.807) is 0 Å². The number of hydrogen-bond acceptors (Lipinski definition) is 5. The Bertz CT molecular complexity index is 948. The van der Waals surface area contributed by atoms with E-state index in [0.29, 0.717) is 45.1 Å². The van der Waals surface area contributed by atoms with E-state index in [4.69, 9.17) is 10.5 Å². The van der Waals surface area contributed by atoms with E-state index in [1.165, 1.54) is 19.3 Å². The van der Waals surface area contributed by atoms with Gasteiger partial charge in [-0.1, -0.05) is 106 Å². The first-order chi connectivity index (χ1) is 22.4. The molecule has 0 saturated carbocycles. The number of carbonyl (C=O) groups excluding carboxylic acids is 2. The van der Waals surface area contributed by atoms with Gasteiger partial charge >= 0.3 is 11.9 Å². The maximum atomic E-state index is 12.6. The van der Waals surface area contributed by atoms with E-state index in [0.717, 1.165) is 64.2 Å². The molecule has 0 aliphatic carbocycles. The second-order valence-electron chi connectivity index (χ2n) is 11.5. The minimum atomic E-state index is -1.03. The number of aliphatic carboxylic acids is 1. The summed E-state index contributed by atoms with van der Waals surface area (Å²) in [4.78, 5) is 36.1. The summed E-state index contributed by atoms with van der Waals surface area (Å²) in [5, 5.41) is 11.9. The zero-order chi connectivity index (χ0) is 33.9. The minimum absolute atomic E-state index is 0.188. The molecule has 7 nitrogen and oxygen atoms in total. The molecule has 260 valence electrons. The van der Waals surface area contributed by atoms with E-state index in [-0.39, 0.29) is 18.0 Å². The third kappa shape index (κ3) is 29.5. The molecule has 0 aliphatic rings. The third-order valence-corrected chi connectivity index (χ3v) is 7.25. The number of esters is 1. The average molecular weight is 641 g/mol. The summed E-state index contributed by atoms with van der Waals surface area (Å²) in [7, 11) is 0.